The number of rotatable bonds is 7. The Morgan fingerprint density at radius 2 is 1.74 bits per heavy atom. The van der Waals surface area contributed by atoms with Crippen LogP contribution in [0.2, 0.25) is 0 Å². The van der Waals surface area contributed by atoms with Crippen LogP contribution in [0.4, 0.5) is 0 Å². The van der Waals surface area contributed by atoms with Crippen molar-refractivity contribution in [3.63, 3.8) is 0 Å². The Bertz CT molecular complexity index is 1920. The fourth-order valence-electron chi connectivity index (χ4n) is 4.34. The predicted octanol–water partition coefficient (Wildman–Crippen LogP) is 5.40. The molecule has 39 heavy (non-hydrogen) atoms. The van der Waals surface area contributed by atoms with Crippen LogP contribution in [0.1, 0.15) is 16.7 Å². The summed E-state index contributed by atoms with van der Waals surface area (Å²) in [6, 6.07) is 23.8. The minimum Gasteiger partial charge on any atom is -0.489 e. The summed E-state index contributed by atoms with van der Waals surface area (Å²) in [5.74, 6) is 1.33. The van der Waals surface area contributed by atoms with Crippen molar-refractivity contribution >= 4 is 22.4 Å². The molecule has 192 valence electrons. The highest BCUT2D eigenvalue weighted by molar-refractivity contribution is 7.15. The third-order valence-electron chi connectivity index (χ3n) is 6.35. The molecule has 0 saturated heterocycles. The zero-order valence-corrected chi connectivity index (χ0v) is 22.4. The number of thiazole rings is 1. The van der Waals surface area contributed by atoms with Gasteiger partial charge in [-0.25, -0.2) is 4.68 Å². The van der Waals surface area contributed by atoms with Crippen LogP contribution in [-0.4, -0.2) is 31.0 Å². The molecule has 6 aromatic rings. The molecule has 7 nitrogen and oxygen atoms in total. The third kappa shape index (κ3) is 4.78. The number of hydrogen-bond donors (Lipinski definition) is 0. The van der Waals surface area contributed by atoms with Crippen LogP contribution in [0.3, 0.4) is 0 Å². The van der Waals surface area contributed by atoms with E-state index in [1.807, 2.05) is 104 Å². The first-order chi connectivity index (χ1) is 19.0. The maximum absolute atomic E-state index is 13.3. The molecule has 0 saturated carbocycles. The molecule has 6 rings (SSSR count). The maximum atomic E-state index is 13.3. The van der Waals surface area contributed by atoms with Crippen LogP contribution in [0.5, 0.6) is 5.75 Å². The van der Waals surface area contributed by atoms with Crippen molar-refractivity contribution in [3.8, 4) is 34.1 Å². The van der Waals surface area contributed by atoms with Gasteiger partial charge in [0.2, 0.25) is 4.96 Å². The zero-order chi connectivity index (χ0) is 26.9. The molecule has 0 unspecified atom stereocenters. The lowest BCUT2D eigenvalue weighted by molar-refractivity contribution is 0.361. The van der Waals surface area contributed by atoms with Gasteiger partial charge in [-0.2, -0.15) is 14.6 Å². The average molecular weight is 532 g/mol. The van der Waals surface area contributed by atoms with Gasteiger partial charge in [0.25, 0.3) is 5.56 Å². The molecule has 0 bridgehead atoms. The highest BCUT2D eigenvalue weighted by Gasteiger charge is 2.16. The van der Waals surface area contributed by atoms with Gasteiger partial charge in [-0.15, -0.1) is 5.10 Å². The van der Waals surface area contributed by atoms with Crippen LogP contribution in [0.15, 0.2) is 96.4 Å². The normalized spacial score (nSPS) is 11.8. The van der Waals surface area contributed by atoms with E-state index in [-0.39, 0.29) is 5.56 Å². The van der Waals surface area contributed by atoms with Gasteiger partial charge >= 0.3 is 0 Å². The fourth-order valence-corrected chi connectivity index (χ4v) is 5.24. The molecule has 0 aliphatic heterocycles. The van der Waals surface area contributed by atoms with Crippen molar-refractivity contribution in [2.24, 2.45) is 0 Å². The minimum absolute atomic E-state index is 0.205. The van der Waals surface area contributed by atoms with Crippen LogP contribution in [-0.2, 0) is 0 Å². The lowest BCUT2D eigenvalue weighted by Gasteiger charge is -2.08. The van der Waals surface area contributed by atoms with Crippen molar-refractivity contribution in [2.45, 2.75) is 13.8 Å². The van der Waals surface area contributed by atoms with Crippen molar-refractivity contribution in [2.75, 3.05) is 6.61 Å². The molecule has 3 aromatic heterocycles. The smallest absolute Gasteiger partial charge is 0.291 e. The quantitative estimate of drug-likeness (QED) is 0.258. The highest BCUT2D eigenvalue weighted by atomic mass is 32.1. The second-order valence-corrected chi connectivity index (χ2v) is 10.2. The van der Waals surface area contributed by atoms with Gasteiger partial charge in [0.15, 0.2) is 5.82 Å². The van der Waals surface area contributed by atoms with Crippen LogP contribution >= 0.6 is 11.3 Å². The van der Waals surface area contributed by atoms with Gasteiger partial charge in [-0.3, -0.25) is 4.79 Å². The third-order valence-corrected chi connectivity index (χ3v) is 7.31. The van der Waals surface area contributed by atoms with E-state index in [4.69, 9.17) is 9.84 Å². The molecule has 0 aliphatic rings. The van der Waals surface area contributed by atoms with Gasteiger partial charge in [0.1, 0.15) is 18.1 Å². The van der Waals surface area contributed by atoms with Gasteiger partial charge in [-0.05, 0) is 55.8 Å². The molecule has 0 atom stereocenters. The van der Waals surface area contributed by atoms with Crippen molar-refractivity contribution < 1.29 is 4.74 Å². The Balaban J connectivity index is 1.45. The van der Waals surface area contributed by atoms with Crippen LogP contribution in [0.25, 0.3) is 39.4 Å². The van der Waals surface area contributed by atoms with E-state index in [0.29, 0.717) is 21.9 Å². The second-order valence-electron chi connectivity index (χ2n) is 9.20. The molecule has 0 aliphatic carbocycles. The molecule has 0 fully saturated rings. The van der Waals surface area contributed by atoms with E-state index in [2.05, 4.69) is 16.7 Å². The Kier molecular flexibility index (Phi) is 6.38. The van der Waals surface area contributed by atoms with Crippen molar-refractivity contribution in [3.05, 3.63) is 123 Å². The summed E-state index contributed by atoms with van der Waals surface area (Å²) in [5.41, 5.74) is 6.24. The van der Waals surface area contributed by atoms with Crippen LogP contribution < -0.4 is 14.8 Å². The molecular formula is C31H25N5O2S. The number of fused-ring (bicyclic) bond motifs is 1. The largest absolute Gasteiger partial charge is 0.489 e. The SMILES string of the molecule is C=CCOc1ccc(-c2nn(-c3ccccc3)cc2C=c2sc3nc(-c4ccc(C)cc4)nn3c2=O)cc1C. The highest BCUT2D eigenvalue weighted by Crippen LogP contribution is 2.29. The predicted molar refractivity (Wildman–Crippen MR) is 156 cm³/mol. The Morgan fingerprint density at radius 1 is 0.974 bits per heavy atom. The second kappa shape index (κ2) is 10.2. The first-order valence-corrected chi connectivity index (χ1v) is 13.3. The molecule has 8 heteroatoms. The van der Waals surface area contributed by atoms with Gasteiger partial charge in [-0.1, -0.05) is 72.0 Å². The first-order valence-electron chi connectivity index (χ1n) is 12.5. The van der Waals surface area contributed by atoms with E-state index in [1.165, 1.54) is 15.9 Å². The number of ether oxygens (including phenoxy) is 1. The Morgan fingerprint density at radius 3 is 2.46 bits per heavy atom. The molecular weight excluding hydrogens is 506 g/mol. The standard InChI is InChI=1S/C31H25N5O2S/c1-4-16-38-26-15-14-23(17-21(26)3)28-24(19-35(33-28)25-8-6-5-7-9-25)18-27-30(37)36-31(39-27)32-29(34-36)22-12-10-20(2)11-13-22/h4-15,17-19H,1,16H2,2-3H3. The van der Waals surface area contributed by atoms with E-state index >= 15 is 0 Å². The van der Waals surface area contributed by atoms with E-state index in [1.54, 1.807) is 6.08 Å². The number of hydrogen-bond acceptors (Lipinski definition) is 6. The Labute approximate surface area is 229 Å². The summed E-state index contributed by atoms with van der Waals surface area (Å²) in [6.07, 6.45) is 5.53. The Hall–Kier alpha value is -4.82. The molecule has 0 N–H and O–H groups in total. The number of para-hydroxylation sites is 1. The lowest BCUT2D eigenvalue weighted by Crippen LogP contribution is -2.23. The summed E-state index contributed by atoms with van der Waals surface area (Å²) >= 11 is 1.32. The summed E-state index contributed by atoms with van der Waals surface area (Å²) < 4.78 is 9.50. The maximum Gasteiger partial charge on any atom is 0.291 e. The van der Waals surface area contributed by atoms with Gasteiger partial charge in [0.05, 0.1) is 10.2 Å². The molecule has 3 aromatic carbocycles. The minimum atomic E-state index is -0.205. The number of nitrogens with zero attached hydrogens (tertiary/aromatic N) is 5. The monoisotopic (exact) mass is 531 g/mol. The summed E-state index contributed by atoms with van der Waals surface area (Å²) in [4.78, 5) is 18.5. The average Bonchev–Trinajstić information content (AvgIpc) is 3.64. The number of aromatic nitrogens is 5. The van der Waals surface area contributed by atoms with Crippen molar-refractivity contribution in [1.82, 2.24) is 24.4 Å². The van der Waals surface area contributed by atoms with E-state index in [9.17, 15) is 4.79 Å². The number of benzene rings is 3. The molecule has 0 radical (unpaired) electrons. The first kappa shape index (κ1) is 24.5. The lowest BCUT2D eigenvalue weighted by atomic mass is 10.0. The summed E-state index contributed by atoms with van der Waals surface area (Å²) in [7, 11) is 0. The fraction of sp³-hybridized carbons (Fsp3) is 0.0968. The van der Waals surface area contributed by atoms with Crippen molar-refractivity contribution in [1.29, 1.82) is 0 Å². The summed E-state index contributed by atoms with van der Waals surface area (Å²) in [5, 5.41) is 9.40. The van der Waals surface area contributed by atoms with E-state index < -0.39 is 0 Å². The molecule has 0 spiro atoms. The van der Waals surface area contributed by atoms with Gasteiger partial charge < -0.3 is 4.74 Å². The van der Waals surface area contributed by atoms with E-state index in [0.717, 1.165) is 44.9 Å². The van der Waals surface area contributed by atoms with Gasteiger partial charge in [0, 0.05) is 22.9 Å². The topological polar surface area (TPSA) is 74.3 Å². The number of aryl methyl sites for hydroxylation is 2. The summed E-state index contributed by atoms with van der Waals surface area (Å²) in [6.45, 7) is 8.19. The van der Waals surface area contributed by atoms with Crippen LogP contribution in [0, 0.1) is 13.8 Å². The zero-order valence-electron chi connectivity index (χ0n) is 21.5. The molecule has 3 heterocycles. The molecule has 0 amide bonds.